The number of hydrogen-bond acceptors (Lipinski definition) is 5. The Morgan fingerprint density at radius 1 is 1.33 bits per heavy atom. The third-order valence-electron chi connectivity index (χ3n) is 4.05. The minimum absolute atomic E-state index is 0.378. The van der Waals surface area contributed by atoms with Crippen LogP contribution in [0, 0.1) is 13.8 Å². The van der Waals surface area contributed by atoms with Crippen LogP contribution in [0.3, 0.4) is 0 Å². The van der Waals surface area contributed by atoms with Crippen LogP contribution in [0.1, 0.15) is 16.3 Å². The van der Waals surface area contributed by atoms with E-state index in [0.29, 0.717) is 16.4 Å². The number of carbonyl (C=O) groups excluding carboxylic acids is 2. The zero-order valence-corrected chi connectivity index (χ0v) is 16.6. The first-order valence-corrected chi connectivity index (χ1v) is 9.38. The summed E-state index contributed by atoms with van der Waals surface area (Å²) < 4.78 is 7.71. The molecule has 0 aliphatic heterocycles. The Bertz CT molecular complexity index is 1050. The van der Waals surface area contributed by atoms with Crippen molar-refractivity contribution in [2.45, 2.75) is 13.8 Å². The molecule has 0 unspecified atom stereocenters. The highest BCUT2D eigenvalue weighted by Gasteiger charge is 2.13. The van der Waals surface area contributed by atoms with Gasteiger partial charge in [0.2, 0.25) is 0 Å². The van der Waals surface area contributed by atoms with Gasteiger partial charge >= 0.3 is 5.97 Å². The molecule has 3 aromatic rings. The Morgan fingerprint density at radius 3 is 2.74 bits per heavy atom. The zero-order valence-electron chi connectivity index (χ0n) is 15.1. The largest absolute Gasteiger partial charge is 0.452 e. The average molecular weight is 404 g/mol. The topological polar surface area (TPSA) is 73.2 Å². The van der Waals surface area contributed by atoms with Gasteiger partial charge in [-0.2, -0.15) is 5.10 Å². The Labute approximate surface area is 165 Å². The van der Waals surface area contributed by atoms with Gasteiger partial charge in [-0.05, 0) is 26.0 Å². The number of anilines is 1. The number of thiophene rings is 1. The smallest absolute Gasteiger partial charge is 0.331 e. The van der Waals surface area contributed by atoms with Crippen molar-refractivity contribution in [3.63, 3.8) is 0 Å². The molecule has 0 radical (unpaired) electrons. The van der Waals surface area contributed by atoms with Crippen LogP contribution in [0.4, 0.5) is 5.69 Å². The molecular weight excluding hydrogens is 386 g/mol. The van der Waals surface area contributed by atoms with Gasteiger partial charge in [0.05, 0.1) is 22.1 Å². The van der Waals surface area contributed by atoms with Crippen molar-refractivity contribution in [1.82, 2.24) is 9.78 Å². The van der Waals surface area contributed by atoms with E-state index in [0.717, 1.165) is 20.7 Å². The van der Waals surface area contributed by atoms with Crippen LogP contribution in [-0.4, -0.2) is 28.3 Å². The van der Waals surface area contributed by atoms with E-state index in [4.69, 9.17) is 16.3 Å². The quantitative estimate of drug-likeness (QED) is 0.514. The number of esters is 1. The van der Waals surface area contributed by atoms with Crippen LogP contribution in [-0.2, 0) is 21.4 Å². The van der Waals surface area contributed by atoms with E-state index in [9.17, 15) is 9.59 Å². The molecule has 1 amide bonds. The predicted molar refractivity (Wildman–Crippen MR) is 108 cm³/mol. The van der Waals surface area contributed by atoms with Gasteiger partial charge in [-0.1, -0.05) is 29.8 Å². The monoisotopic (exact) mass is 403 g/mol. The molecule has 2 heterocycles. The Balaban J connectivity index is 1.58. The van der Waals surface area contributed by atoms with E-state index < -0.39 is 11.9 Å². The van der Waals surface area contributed by atoms with Crippen molar-refractivity contribution in [2.24, 2.45) is 7.05 Å². The van der Waals surface area contributed by atoms with Gasteiger partial charge in [0, 0.05) is 28.1 Å². The second-order valence-corrected chi connectivity index (χ2v) is 7.40. The molecule has 8 heteroatoms. The second kappa shape index (κ2) is 7.94. The maximum atomic E-state index is 12.0. The fourth-order valence-electron chi connectivity index (χ4n) is 2.60. The molecule has 0 saturated heterocycles. The summed E-state index contributed by atoms with van der Waals surface area (Å²) in [7, 11) is 1.79. The molecule has 1 N–H and O–H groups in total. The summed E-state index contributed by atoms with van der Waals surface area (Å²) in [6.45, 7) is 3.27. The molecule has 0 saturated carbocycles. The number of nitrogens with one attached hydrogen (secondary N) is 1. The predicted octanol–water partition coefficient (Wildman–Crippen LogP) is 4.10. The molecule has 3 rings (SSSR count). The van der Waals surface area contributed by atoms with Crippen LogP contribution in [0.5, 0.6) is 0 Å². The van der Waals surface area contributed by atoms with Gasteiger partial charge in [0.25, 0.3) is 5.91 Å². The van der Waals surface area contributed by atoms with Gasteiger partial charge in [-0.25, -0.2) is 4.79 Å². The Kier molecular flexibility index (Phi) is 5.62. The van der Waals surface area contributed by atoms with E-state index in [1.807, 2.05) is 31.2 Å². The number of benzene rings is 1. The van der Waals surface area contributed by atoms with E-state index in [2.05, 4.69) is 10.4 Å². The van der Waals surface area contributed by atoms with Crippen molar-refractivity contribution in [2.75, 3.05) is 11.9 Å². The molecule has 0 atom stereocenters. The van der Waals surface area contributed by atoms with Gasteiger partial charge < -0.3 is 10.1 Å². The van der Waals surface area contributed by atoms with Gasteiger partial charge in [0.1, 0.15) is 0 Å². The number of amides is 1. The van der Waals surface area contributed by atoms with E-state index >= 15 is 0 Å². The van der Waals surface area contributed by atoms with Crippen molar-refractivity contribution in [1.29, 1.82) is 0 Å². The third-order valence-corrected chi connectivity index (χ3v) is 5.70. The molecule has 2 aromatic heterocycles. The summed E-state index contributed by atoms with van der Waals surface area (Å²) in [6.07, 6.45) is 2.87. The molecule has 0 aliphatic carbocycles. The maximum Gasteiger partial charge on any atom is 0.331 e. The molecule has 140 valence electrons. The van der Waals surface area contributed by atoms with Gasteiger partial charge in [-0.15, -0.1) is 11.3 Å². The molecule has 0 aliphatic rings. The highest BCUT2D eigenvalue weighted by atomic mass is 35.5. The highest BCUT2D eigenvalue weighted by molar-refractivity contribution is 7.20. The highest BCUT2D eigenvalue weighted by Crippen LogP contribution is 2.35. The number of hydrogen-bond donors (Lipinski definition) is 1. The van der Waals surface area contributed by atoms with Crippen molar-refractivity contribution >= 4 is 56.7 Å². The number of halogens is 1. The number of carbonyl (C=O) groups is 2. The minimum atomic E-state index is -0.613. The first-order valence-electron chi connectivity index (χ1n) is 8.18. The van der Waals surface area contributed by atoms with Crippen molar-refractivity contribution in [3.05, 3.63) is 51.6 Å². The molecule has 0 fully saturated rings. The van der Waals surface area contributed by atoms with Crippen LogP contribution >= 0.6 is 22.9 Å². The number of nitrogens with zero attached hydrogens (tertiary/aromatic N) is 2. The standard InChI is InChI=1S/C19H18ClN3O3S/c1-11-19(12(2)23(3)22-11)21-16(24)10-26-17(25)9-8-15-18(20)13-6-4-5-7-14(13)27-15/h4-9H,10H2,1-3H3,(H,21,24)/b9-8+. The Hall–Kier alpha value is -2.64. The molecule has 0 spiro atoms. The first kappa shape index (κ1) is 19.1. The molecular formula is C19H18ClN3O3S. The fourth-order valence-corrected chi connectivity index (χ4v) is 4.00. The lowest BCUT2D eigenvalue weighted by molar-refractivity contribution is -0.142. The van der Waals surface area contributed by atoms with E-state index in [-0.39, 0.29) is 6.61 Å². The van der Waals surface area contributed by atoms with Crippen LogP contribution in [0.25, 0.3) is 16.2 Å². The minimum Gasteiger partial charge on any atom is -0.452 e. The SMILES string of the molecule is Cc1nn(C)c(C)c1NC(=O)COC(=O)/C=C/c1sc2ccccc2c1Cl. The third kappa shape index (κ3) is 4.20. The van der Waals surface area contributed by atoms with Crippen molar-refractivity contribution in [3.8, 4) is 0 Å². The number of fused-ring (bicyclic) bond motifs is 1. The lowest BCUT2D eigenvalue weighted by Crippen LogP contribution is -2.20. The number of ether oxygens (including phenoxy) is 1. The summed E-state index contributed by atoms with van der Waals surface area (Å²) in [5.74, 6) is -1.03. The van der Waals surface area contributed by atoms with Crippen LogP contribution in [0.15, 0.2) is 30.3 Å². The normalized spacial score (nSPS) is 11.3. The first-order chi connectivity index (χ1) is 12.9. The summed E-state index contributed by atoms with van der Waals surface area (Å²) in [4.78, 5) is 24.7. The maximum absolute atomic E-state index is 12.0. The number of aromatic nitrogens is 2. The number of aryl methyl sites for hydroxylation is 2. The summed E-state index contributed by atoms with van der Waals surface area (Å²) in [5.41, 5.74) is 2.16. The molecule has 6 nitrogen and oxygen atoms in total. The average Bonchev–Trinajstić information content (AvgIpc) is 3.09. The van der Waals surface area contributed by atoms with Crippen molar-refractivity contribution < 1.29 is 14.3 Å². The number of rotatable bonds is 5. The molecule has 1 aromatic carbocycles. The summed E-state index contributed by atoms with van der Waals surface area (Å²) >= 11 is 7.81. The van der Waals surface area contributed by atoms with Gasteiger partial charge in [0.15, 0.2) is 6.61 Å². The second-order valence-electron chi connectivity index (χ2n) is 5.94. The fraction of sp³-hybridized carbons (Fsp3) is 0.211. The summed E-state index contributed by atoms with van der Waals surface area (Å²) in [6, 6.07) is 7.74. The summed E-state index contributed by atoms with van der Waals surface area (Å²) in [5, 5.41) is 8.47. The lowest BCUT2D eigenvalue weighted by Gasteiger charge is -2.05. The lowest BCUT2D eigenvalue weighted by atomic mass is 10.2. The molecule has 0 bridgehead atoms. The van der Waals surface area contributed by atoms with Crippen LogP contribution in [0.2, 0.25) is 5.02 Å². The van der Waals surface area contributed by atoms with Gasteiger partial charge in [-0.3, -0.25) is 9.48 Å². The zero-order chi connectivity index (χ0) is 19.6. The Morgan fingerprint density at radius 2 is 2.07 bits per heavy atom. The van der Waals surface area contributed by atoms with Crippen LogP contribution < -0.4 is 5.32 Å². The molecule has 27 heavy (non-hydrogen) atoms. The van der Waals surface area contributed by atoms with E-state index in [1.54, 1.807) is 24.7 Å². The van der Waals surface area contributed by atoms with E-state index in [1.165, 1.54) is 17.4 Å².